The summed E-state index contributed by atoms with van der Waals surface area (Å²) in [4.78, 5) is 11.0. The number of rotatable bonds is 6. The van der Waals surface area contributed by atoms with Gasteiger partial charge in [-0.3, -0.25) is 4.79 Å². The van der Waals surface area contributed by atoms with E-state index in [0.29, 0.717) is 24.5 Å². The van der Waals surface area contributed by atoms with E-state index < -0.39 is 5.91 Å². The highest BCUT2D eigenvalue weighted by Crippen LogP contribution is 2.20. The minimum atomic E-state index is -0.481. The Balaban J connectivity index is 2.69. The van der Waals surface area contributed by atoms with E-state index >= 15 is 0 Å². The third-order valence-electron chi connectivity index (χ3n) is 2.31. The Hall–Kier alpha value is -1.75. The average Bonchev–Trinajstić information content (AvgIpc) is 2.28. The van der Waals surface area contributed by atoms with Crippen LogP contribution >= 0.6 is 0 Å². The van der Waals surface area contributed by atoms with Crippen LogP contribution in [0.3, 0.4) is 0 Å². The molecule has 1 rings (SSSR count). The van der Waals surface area contributed by atoms with E-state index in [4.69, 9.17) is 16.2 Å². The molecule has 1 amide bonds. The van der Waals surface area contributed by atoms with E-state index in [9.17, 15) is 4.79 Å². The zero-order valence-corrected chi connectivity index (χ0v) is 10.2. The first-order valence-electron chi connectivity index (χ1n) is 5.58. The van der Waals surface area contributed by atoms with E-state index in [1.54, 1.807) is 18.2 Å². The van der Waals surface area contributed by atoms with Crippen molar-refractivity contribution in [2.45, 2.75) is 19.9 Å². The first-order chi connectivity index (χ1) is 8.04. The zero-order chi connectivity index (χ0) is 12.8. The van der Waals surface area contributed by atoms with Gasteiger partial charge in [0.25, 0.3) is 0 Å². The molecule has 17 heavy (non-hydrogen) atoms. The van der Waals surface area contributed by atoms with Crippen molar-refractivity contribution in [1.82, 2.24) is 0 Å². The van der Waals surface area contributed by atoms with Gasteiger partial charge in [-0.1, -0.05) is 0 Å². The SMILES string of the molecule is CCOCC(C)Nc1ccc(C(N)=O)cc1N. The number of carbonyl (C=O) groups excluding carboxylic acids is 1. The molecule has 0 fully saturated rings. The number of anilines is 2. The van der Waals surface area contributed by atoms with Crippen molar-refractivity contribution in [2.24, 2.45) is 5.73 Å². The van der Waals surface area contributed by atoms with Crippen LogP contribution < -0.4 is 16.8 Å². The number of nitrogens with two attached hydrogens (primary N) is 2. The Bertz CT molecular complexity index is 393. The molecule has 0 aliphatic heterocycles. The third-order valence-corrected chi connectivity index (χ3v) is 2.31. The number of carbonyl (C=O) groups is 1. The topological polar surface area (TPSA) is 90.4 Å². The molecule has 1 atom stereocenters. The van der Waals surface area contributed by atoms with E-state index in [-0.39, 0.29) is 6.04 Å². The molecule has 0 spiro atoms. The summed E-state index contributed by atoms with van der Waals surface area (Å²) in [5.74, 6) is -0.481. The normalized spacial score (nSPS) is 12.1. The molecule has 0 saturated carbocycles. The van der Waals surface area contributed by atoms with Crippen LogP contribution in [0.15, 0.2) is 18.2 Å². The molecular weight excluding hydrogens is 218 g/mol. The van der Waals surface area contributed by atoms with Crippen molar-refractivity contribution in [3.63, 3.8) is 0 Å². The number of amides is 1. The summed E-state index contributed by atoms with van der Waals surface area (Å²) < 4.78 is 5.29. The van der Waals surface area contributed by atoms with Gasteiger partial charge in [-0.15, -0.1) is 0 Å². The molecule has 5 nitrogen and oxygen atoms in total. The highest BCUT2D eigenvalue weighted by Gasteiger charge is 2.07. The smallest absolute Gasteiger partial charge is 0.248 e. The average molecular weight is 237 g/mol. The van der Waals surface area contributed by atoms with Crippen LogP contribution in [0.4, 0.5) is 11.4 Å². The molecule has 0 heterocycles. The van der Waals surface area contributed by atoms with Gasteiger partial charge in [-0.05, 0) is 32.0 Å². The van der Waals surface area contributed by atoms with Crippen molar-refractivity contribution in [3.8, 4) is 0 Å². The predicted octanol–water partition coefficient (Wildman–Crippen LogP) is 1.20. The largest absolute Gasteiger partial charge is 0.397 e. The summed E-state index contributed by atoms with van der Waals surface area (Å²) in [5, 5.41) is 3.21. The Morgan fingerprint density at radius 3 is 2.76 bits per heavy atom. The maximum Gasteiger partial charge on any atom is 0.248 e. The summed E-state index contributed by atoms with van der Waals surface area (Å²) in [5.41, 5.74) is 12.7. The maximum absolute atomic E-state index is 11.0. The number of ether oxygens (including phenoxy) is 1. The van der Waals surface area contributed by atoms with Crippen LogP contribution in [0.25, 0.3) is 0 Å². The Morgan fingerprint density at radius 1 is 1.53 bits per heavy atom. The molecule has 94 valence electrons. The fraction of sp³-hybridized carbons (Fsp3) is 0.417. The molecule has 1 aromatic rings. The molecule has 0 aromatic heterocycles. The standard InChI is InChI=1S/C12H19N3O2/c1-3-17-7-8(2)15-11-5-4-9(12(14)16)6-10(11)13/h4-6,8,15H,3,7,13H2,1-2H3,(H2,14,16). The second-order valence-electron chi connectivity index (χ2n) is 3.87. The minimum absolute atomic E-state index is 0.150. The van der Waals surface area contributed by atoms with Crippen LogP contribution in [0.1, 0.15) is 24.2 Å². The molecule has 0 saturated heterocycles. The van der Waals surface area contributed by atoms with Crippen LogP contribution in [-0.2, 0) is 4.74 Å². The van der Waals surface area contributed by atoms with Gasteiger partial charge in [0.15, 0.2) is 0 Å². The summed E-state index contributed by atoms with van der Waals surface area (Å²) >= 11 is 0. The lowest BCUT2D eigenvalue weighted by atomic mass is 10.1. The minimum Gasteiger partial charge on any atom is -0.397 e. The number of hydrogen-bond acceptors (Lipinski definition) is 4. The molecule has 5 heteroatoms. The van der Waals surface area contributed by atoms with Gasteiger partial charge >= 0.3 is 0 Å². The summed E-state index contributed by atoms with van der Waals surface area (Å²) in [7, 11) is 0. The lowest BCUT2D eigenvalue weighted by molar-refractivity contribution is 0.100. The summed E-state index contributed by atoms with van der Waals surface area (Å²) in [6.07, 6.45) is 0. The molecule has 1 unspecified atom stereocenters. The van der Waals surface area contributed by atoms with Crippen molar-refractivity contribution in [3.05, 3.63) is 23.8 Å². The van der Waals surface area contributed by atoms with E-state index in [1.165, 1.54) is 0 Å². The predicted molar refractivity (Wildman–Crippen MR) is 69.0 cm³/mol. The lowest BCUT2D eigenvalue weighted by Gasteiger charge is -2.16. The van der Waals surface area contributed by atoms with Gasteiger partial charge in [0.2, 0.25) is 5.91 Å². The highest BCUT2D eigenvalue weighted by atomic mass is 16.5. The van der Waals surface area contributed by atoms with Gasteiger partial charge in [0, 0.05) is 18.2 Å². The molecule has 0 bridgehead atoms. The van der Waals surface area contributed by atoms with Gasteiger partial charge in [-0.25, -0.2) is 0 Å². The Labute approximate surface area is 101 Å². The van der Waals surface area contributed by atoms with Gasteiger partial charge in [-0.2, -0.15) is 0 Å². The number of primary amides is 1. The van der Waals surface area contributed by atoms with E-state index in [2.05, 4.69) is 5.32 Å². The van der Waals surface area contributed by atoms with Crippen molar-refractivity contribution in [1.29, 1.82) is 0 Å². The fourth-order valence-corrected chi connectivity index (χ4v) is 1.45. The molecule has 0 aliphatic carbocycles. The first-order valence-corrected chi connectivity index (χ1v) is 5.58. The van der Waals surface area contributed by atoms with Crippen LogP contribution in [-0.4, -0.2) is 25.2 Å². The maximum atomic E-state index is 11.0. The zero-order valence-electron chi connectivity index (χ0n) is 10.2. The second-order valence-corrected chi connectivity index (χ2v) is 3.87. The first kappa shape index (κ1) is 13.3. The number of benzene rings is 1. The molecule has 1 aromatic carbocycles. The molecule has 0 aliphatic rings. The van der Waals surface area contributed by atoms with Crippen molar-refractivity contribution in [2.75, 3.05) is 24.3 Å². The van der Waals surface area contributed by atoms with Crippen molar-refractivity contribution < 1.29 is 9.53 Å². The van der Waals surface area contributed by atoms with Crippen molar-refractivity contribution >= 4 is 17.3 Å². The van der Waals surface area contributed by atoms with Crippen LogP contribution in [0.2, 0.25) is 0 Å². The summed E-state index contributed by atoms with van der Waals surface area (Å²) in [6.45, 7) is 5.23. The molecule has 5 N–H and O–H groups in total. The number of nitrogen functional groups attached to an aromatic ring is 1. The van der Waals surface area contributed by atoms with Gasteiger partial charge in [0.1, 0.15) is 0 Å². The third kappa shape index (κ3) is 3.96. The van der Waals surface area contributed by atoms with Crippen LogP contribution in [0, 0.1) is 0 Å². The van der Waals surface area contributed by atoms with Crippen LogP contribution in [0.5, 0.6) is 0 Å². The lowest BCUT2D eigenvalue weighted by Crippen LogP contribution is -2.22. The van der Waals surface area contributed by atoms with Gasteiger partial charge in [0.05, 0.1) is 18.0 Å². The molecule has 0 radical (unpaired) electrons. The summed E-state index contributed by atoms with van der Waals surface area (Å²) in [6, 6.07) is 5.11. The Kier molecular flexibility index (Phi) is 4.78. The van der Waals surface area contributed by atoms with E-state index in [0.717, 1.165) is 5.69 Å². The van der Waals surface area contributed by atoms with E-state index in [1.807, 2.05) is 13.8 Å². The number of hydrogen-bond donors (Lipinski definition) is 3. The molecular formula is C12H19N3O2. The number of nitrogens with one attached hydrogen (secondary N) is 1. The Morgan fingerprint density at radius 2 is 2.24 bits per heavy atom. The van der Waals surface area contributed by atoms with Gasteiger partial charge < -0.3 is 21.5 Å². The second kappa shape index (κ2) is 6.10. The quantitative estimate of drug-likeness (QED) is 0.648. The highest BCUT2D eigenvalue weighted by molar-refractivity contribution is 5.94. The fourth-order valence-electron chi connectivity index (χ4n) is 1.45. The monoisotopic (exact) mass is 237 g/mol.